The SMILES string of the molecule is COc1ccc(S(=O)(=O)NCC(=O)O[C@H](C)C(=O)NC2CCCC2)cc1OC. The van der Waals surface area contributed by atoms with Crippen molar-refractivity contribution < 1.29 is 32.2 Å². The summed E-state index contributed by atoms with van der Waals surface area (Å²) in [5.41, 5.74) is 0. The number of carbonyl (C=O) groups is 2. The second-order valence-corrected chi connectivity index (χ2v) is 8.23. The molecule has 1 atom stereocenters. The first-order valence-electron chi connectivity index (χ1n) is 8.98. The summed E-state index contributed by atoms with van der Waals surface area (Å²) in [5.74, 6) is -0.616. The molecule has 0 heterocycles. The number of sulfonamides is 1. The van der Waals surface area contributed by atoms with Crippen molar-refractivity contribution in [2.45, 2.75) is 49.6 Å². The van der Waals surface area contributed by atoms with Crippen LogP contribution in [0.5, 0.6) is 11.5 Å². The Hall–Kier alpha value is -2.33. The molecule has 28 heavy (non-hydrogen) atoms. The molecule has 1 aliphatic rings. The lowest BCUT2D eigenvalue weighted by atomic mass is 10.2. The van der Waals surface area contributed by atoms with Gasteiger partial charge >= 0.3 is 5.97 Å². The summed E-state index contributed by atoms with van der Waals surface area (Å²) in [6, 6.07) is 4.16. The van der Waals surface area contributed by atoms with Crippen molar-refractivity contribution in [3.05, 3.63) is 18.2 Å². The molecule has 2 rings (SSSR count). The third kappa shape index (κ3) is 5.83. The predicted octanol–water partition coefficient (Wildman–Crippen LogP) is 0.973. The number of carbonyl (C=O) groups excluding carboxylic acids is 2. The molecule has 0 unspecified atom stereocenters. The average Bonchev–Trinajstić information content (AvgIpc) is 3.18. The molecule has 1 saturated carbocycles. The topological polar surface area (TPSA) is 120 Å². The zero-order valence-corrected chi connectivity index (χ0v) is 17.0. The molecular formula is C18H26N2O7S. The van der Waals surface area contributed by atoms with Gasteiger partial charge in [-0.05, 0) is 31.9 Å². The van der Waals surface area contributed by atoms with Gasteiger partial charge in [-0.15, -0.1) is 0 Å². The molecule has 9 nitrogen and oxygen atoms in total. The Balaban J connectivity index is 1.89. The van der Waals surface area contributed by atoms with E-state index in [0.717, 1.165) is 25.7 Å². The summed E-state index contributed by atoms with van der Waals surface area (Å²) in [6.07, 6.45) is 2.96. The summed E-state index contributed by atoms with van der Waals surface area (Å²) in [6.45, 7) is 0.850. The van der Waals surface area contributed by atoms with E-state index in [1.165, 1.54) is 39.3 Å². The Kier molecular flexibility index (Phi) is 7.64. The standard InChI is InChI=1S/C18H26N2O7S/c1-12(18(22)20-13-6-4-5-7-13)27-17(21)11-19-28(23,24)14-8-9-15(25-2)16(10-14)26-3/h8-10,12-13,19H,4-7,11H2,1-3H3,(H,20,22)/t12-/m1/s1. The highest BCUT2D eigenvalue weighted by Gasteiger charge is 2.24. The summed E-state index contributed by atoms with van der Waals surface area (Å²) >= 11 is 0. The van der Waals surface area contributed by atoms with Gasteiger partial charge < -0.3 is 19.5 Å². The van der Waals surface area contributed by atoms with Gasteiger partial charge in [-0.3, -0.25) is 9.59 Å². The molecule has 0 radical (unpaired) electrons. The first-order valence-corrected chi connectivity index (χ1v) is 10.5. The molecule has 0 bridgehead atoms. The van der Waals surface area contributed by atoms with E-state index in [9.17, 15) is 18.0 Å². The molecule has 10 heteroatoms. The number of amides is 1. The van der Waals surface area contributed by atoms with E-state index in [4.69, 9.17) is 14.2 Å². The highest BCUT2D eigenvalue weighted by atomic mass is 32.2. The van der Waals surface area contributed by atoms with Crippen LogP contribution in [0, 0.1) is 0 Å². The second kappa shape index (κ2) is 9.74. The number of esters is 1. The van der Waals surface area contributed by atoms with E-state index >= 15 is 0 Å². The summed E-state index contributed by atoms with van der Waals surface area (Å²) in [7, 11) is -1.15. The van der Waals surface area contributed by atoms with Crippen LogP contribution in [0.2, 0.25) is 0 Å². The van der Waals surface area contributed by atoms with Crippen molar-refractivity contribution in [3.8, 4) is 11.5 Å². The van der Waals surface area contributed by atoms with E-state index < -0.39 is 28.6 Å². The quantitative estimate of drug-likeness (QED) is 0.578. The third-order valence-corrected chi connectivity index (χ3v) is 5.85. The third-order valence-electron chi connectivity index (χ3n) is 4.45. The minimum atomic E-state index is -3.97. The maximum absolute atomic E-state index is 12.4. The van der Waals surface area contributed by atoms with Crippen molar-refractivity contribution in [2.24, 2.45) is 0 Å². The van der Waals surface area contributed by atoms with Gasteiger partial charge in [0.05, 0.1) is 19.1 Å². The van der Waals surface area contributed by atoms with E-state index in [1.54, 1.807) is 0 Å². The Morgan fingerprint density at radius 1 is 1.14 bits per heavy atom. The monoisotopic (exact) mass is 414 g/mol. The average molecular weight is 414 g/mol. The smallest absolute Gasteiger partial charge is 0.321 e. The van der Waals surface area contributed by atoms with Crippen molar-refractivity contribution in [2.75, 3.05) is 20.8 Å². The molecule has 1 aliphatic carbocycles. The largest absolute Gasteiger partial charge is 0.493 e. The summed E-state index contributed by atoms with van der Waals surface area (Å²) in [4.78, 5) is 23.9. The maximum Gasteiger partial charge on any atom is 0.321 e. The Labute approximate surface area is 164 Å². The molecule has 0 saturated heterocycles. The van der Waals surface area contributed by atoms with E-state index in [2.05, 4.69) is 10.0 Å². The minimum absolute atomic E-state index is 0.0926. The first kappa shape index (κ1) is 22.0. The molecule has 156 valence electrons. The van der Waals surface area contributed by atoms with Crippen LogP contribution in [0.25, 0.3) is 0 Å². The van der Waals surface area contributed by atoms with Crippen LogP contribution in [0.15, 0.2) is 23.1 Å². The van der Waals surface area contributed by atoms with Crippen LogP contribution in [-0.4, -0.2) is 53.2 Å². The van der Waals surface area contributed by atoms with Crippen molar-refractivity contribution in [3.63, 3.8) is 0 Å². The molecule has 2 N–H and O–H groups in total. The molecule has 1 amide bonds. The first-order chi connectivity index (χ1) is 13.3. The van der Waals surface area contributed by atoms with Gasteiger partial charge in [0, 0.05) is 12.1 Å². The van der Waals surface area contributed by atoms with Gasteiger partial charge in [0.2, 0.25) is 10.0 Å². The summed E-state index contributed by atoms with van der Waals surface area (Å²) < 4.78 is 42.0. The van der Waals surface area contributed by atoms with Crippen LogP contribution < -0.4 is 19.5 Å². The maximum atomic E-state index is 12.4. The number of benzene rings is 1. The number of hydrogen-bond donors (Lipinski definition) is 2. The van der Waals surface area contributed by atoms with E-state index in [1.807, 2.05) is 0 Å². The van der Waals surface area contributed by atoms with Crippen LogP contribution in [0.3, 0.4) is 0 Å². The fourth-order valence-corrected chi connectivity index (χ4v) is 3.89. The molecule has 0 spiro atoms. The van der Waals surface area contributed by atoms with Gasteiger partial charge in [0.15, 0.2) is 17.6 Å². The van der Waals surface area contributed by atoms with Crippen LogP contribution >= 0.6 is 0 Å². The van der Waals surface area contributed by atoms with Crippen LogP contribution in [-0.2, 0) is 24.3 Å². The van der Waals surface area contributed by atoms with Crippen LogP contribution in [0.4, 0.5) is 0 Å². The van der Waals surface area contributed by atoms with Gasteiger partial charge in [0.1, 0.15) is 6.54 Å². The van der Waals surface area contributed by atoms with E-state index in [0.29, 0.717) is 5.75 Å². The fourth-order valence-electron chi connectivity index (χ4n) is 2.90. The number of hydrogen-bond acceptors (Lipinski definition) is 7. The number of nitrogens with one attached hydrogen (secondary N) is 2. The van der Waals surface area contributed by atoms with Gasteiger partial charge in [-0.2, -0.15) is 4.72 Å². The van der Waals surface area contributed by atoms with Gasteiger partial charge in [-0.1, -0.05) is 12.8 Å². The fraction of sp³-hybridized carbons (Fsp3) is 0.556. The van der Waals surface area contributed by atoms with E-state index in [-0.39, 0.29) is 22.6 Å². The van der Waals surface area contributed by atoms with Crippen molar-refractivity contribution >= 4 is 21.9 Å². The highest BCUT2D eigenvalue weighted by molar-refractivity contribution is 7.89. The Morgan fingerprint density at radius 3 is 2.39 bits per heavy atom. The van der Waals surface area contributed by atoms with Crippen molar-refractivity contribution in [1.82, 2.24) is 10.0 Å². The normalized spacial score (nSPS) is 15.7. The van der Waals surface area contributed by atoms with Crippen LogP contribution in [0.1, 0.15) is 32.6 Å². The lowest BCUT2D eigenvalue weighted by molar-refractivity contribution is -0.153. The number of ether oxygens (including phenoxy) is 3. The lowest BCUT2D eigenvalue weighted by Gasteiger charge is -2.17. The van der Waals surface area contributed by atoms with Gasteiger partial charge in [-0.25, -0.2) is 8.42 Å². The zero-order chi connectivity index (χ0) is 20.7. The molecular weight excluding hydrogens is 388 g/mol. The highest BCUT2D eigenvalue weighted by Crippen LogP contribution is 2.29. The molecule has 1 fully saturated rings. The Morgan fingerprint density at radius 2 is 1.79 bits per heavy atom. The summed E-state index contributed by atoms with van der Waals surface area (Å²) in [5, 5.41) is 2.83. The van der Waals surface area contributed by atoms with Crippen molar-refractivity contribution in [1.29, 1.82) is 0 Å². The molecule has 0 aliphatic heterocycles. The molecule has 1 aromatic carbocycles. The molecule has 1 aromatic rings. The number of methoxy groups -OCH3 is 2. The predicted molar refractivity (Wildman–Crippen MR) is 101 cm³/mol. The lowest BCUT2D eigenvalue weighted by Crippen LogP contribution is -2.42. The molecule has 0 aromatic heterocycles. The van der Waals surface area contributed by atoms with Gasteiger partial charge in [0.25, 0.3) is 5.91 Å². The second-order valence-electron chi connectivity index (χ2n) is 6.46. The number of rotatable bonds is 9. The zero-order valence-electron chi connectivity index (χ0n) is 16.2. The minimum Gasteiger partial charge on any atom is -0.493 e. The Bertz CT molecular complexity index is 804.